The fourth-order valence-electron chi connectivity index (χ4n) is 5.90. The van der Waals surface area contributed by atoms with Crippen LogP contribution in [0.25, 0.3) is 32.7 Å². The van der Waals surface area contributed by atoms with Crippen molar-refractivity contribution >= 4 is 44.5 Å². The number of rotatable bonds is 7. The second-order valence-corrected chi connectivity index (χ2v) is 10.5. The lowest BCUT2D eigenvalue weighted by Crippen LogP contribution is -2.37. The van der Waals surface area contributed by atoms with Gasteiger partial charge in [0.05, 0.1) is 5.52 Å². The summed E-state index contributed by atoms with van der Waals surface area (Å²) in [6.07, 6.45) is 4.55. The van der Waals surface area contributed by atoms with Crippen molar-refractivity contribution in [2.45, 2.75) is 65.2 Å². The lowest BCUT2D eigenvalue weighted by atomic mass is 9.91. The first-order valence-corrected chi connectivity index (χ1v) is 13.5. The average molecular weight is 509 g/mol. The fourth-order valence-corrected chi connectivity index (χ4v) is 5.90. The third kappa shape index (κ3) is 4.93. The van der Waals surface area contributed by atoms with E-state index in [0.717, 1.165) is 61.4 Å². The molecule has 6 heteroatoms. The normalized spacial score (nSPS) is 17.6. The average Bonchev–Trinajstić information content (AvgIpc) is 3.25. The van der Waals surface area contributed by atoms with Crippen LogP contribution in [0, 0.1) is 0 Å². The third-order valence-corrected chi connectivity index (χ3v) is 7.81. The maximum Gasteiger partial charge on any atom is 0.225 e. The molecule has 1 fully saturated rings. The second kappa shape index (κ2) is 11.0. The van der Waals surface area contributed by atoms with Gasteiger partial charge in [-0.1, -0.05) is 43.8 Å². The molecule has 1 aliphatic carbocycles. The monoisotopic (exact) mass is 508 g/mol. The van der Waals surface area contributed by atoms with Crippen LogP contribution in [-0.4, -0.2) is 40.7 Å². The topological polar surface area (TPSA) is 58.0 Å². The zero-order valence-electron chi connectivity index (χ0n) is 22.0. The summed E-state index contributed by atoms with van der Waals surface area (Å²) in [6.45, 7) is 4.11. The van der Waals surface area contributed by atoms with E-state index in [0.29, 0.717) is 12.1 Å². The van der Waals surface area contributed by atoms with Crippen molar-refractivity contribution in [3.8, 4) is 0 Å². The molecule has 2 aromatic heterocycles. The van der Waals surface area contributed by atoms with Gasteiger partial charge in [-0.25, -0.2) is 4.98 Å². The van der Waals surface area contributed by atoms with Crippen molar-refractivity contribution in [1.29, 1.82) is 0 Å². The van der Waals surface area contributed by atoms with Gasteiger partial charge in [0, 0.05) is 66.5 Å². The summed E-state index contributed by atoms with van der Waals surface area (Å²) in [6, 6.07) is 24.9. The molecule has 0 amide bonds. The Labute approximate surface area is 226 Å². The number of nitrogens with one attached hydrogen (secondary N) is 2. The summed E-state index contributed by atoms with van der Waals surface area (Å²) in [5.41, 5.74) is 4.99. The first-order chi connectivity index (χ1) is 18.1. The summed E-state index contributed by atoms with van der Waals surface area (Å²) >= 11 is 0. The van der Waals surface area contributed by atoms with Gasteiger partial charge in [0.25, 0.3) is 0 Å². The molecular weight excluding hydrogens is 468 g/mol. The minimum atomic E-state index is 0. The maximum atomic E-state index is 4.83. The van der Waals surface area contributed by atoms with E-state index >= 15 is 0 Å². The van der Waals surface area contributed by atoms with Gasteiger partial charge in [0.2, 0.25) is 5.95 Å². The fraction of sp³-hybridized carbons (Fsp3) is 0.375. The van der Waals surface area contributed by atoms with Crippen LogP contribution in [0.2, 0.25) is 0 Å². The van der Waals surface area contributed by atoms with Crippen molar-refractivity contribution in [3.05, 3.63) is 72.3 Å². The predicted octanol–water partition coefficient (Wildman–Crippen LogP) is 6.97. The van der Waals surface area contributed by atoms with Crippen LogP contribution in [0.1, 0.15) is 45.6 Å². The van der Waals surface area contributed by atoms with Crippen LogP contribution < -0.4 is 15.5 Å². The zero-order chi connectivity index (χ0) is 25.4. The number of benzene rings is 3. The molecule has 0 aliphatic heterocycles. The van der Waals surface area contributed by atoms with Crippen molar-refractivity contribution in [2.24, 2.45) is 0 Å². The third-order valence-electron chi connectivity index (χ3n) is 7.81. The summed E-state index contributed by atoms with van der Waals surface area (Å²) in [5, 5.41) is 11.3. The van der Waals surface area contributed by atoms with E-state index in [-0.39, 0.29) is 7.43 Å². The molecule has 6 rings (SSSR count). The molecule has 5 aromatic rings. The van der Waals surface area contributed by atoms with Gasteiger partial charge in [-0.2, -0.15) is 4.98 Å². The highest BCUT2D eigenvalue weighted by molar-refractivity contribution is 6.08. The molecule has 6 nitrogen and oxygen atoms in total. The number of aryl methyl sites for hydroxylation is 1. The molecule has 0 unspecified atom stereocenters. The minimum absolute atomic E-state index is 0. The van der Waals surface area contributed by atoms with E-state index < -0.39 is 0 Å². The Hall–Kier alpha value is -3.64. The molecule has 1 aliphatic rings. The van der Waals surface area contributed by atoms with E-state index in [4.69, 9.17) is 9.97 Å². The highest BCUT2D eigenvalue weighted by atomic mass is 15.2. The Morgan fingerprint density at radius 2 is 1.50 bits per heavy atom. The molecule has 0 bridgehead atoms. The van der Waals surface area contributed by atoms with Crippen LogP contribution >= 0.6 is 0 Å². The Morgan fingerprint density at radius 1 is 0.816 bits per heavy atom. The van der Waals surface area contributed by atoms with Crippen LogP contribution in [-0.2, 0) is 13.1 Å². The minimum Gasteiger partial charge on any atom is -0.362 e. The molecule has 3 aromatic carbocycles. The van der Waals surface area contributed by atoms with Gasteiger partial charge in [0.15, 0.2) is 0 Å². The smallest absolute Gasteiger partial charge is 0.225 e. The van der Waals surface area contributed by atoms with E-state index in [9.17, 15) is 0 Å². The summed E-state index contributed by atoms with van der Waals surface area (Å²) < 4.78 is 2.41. The van der Waals surface area contributed by atoms with E-state index in [1.807, 2.05) is 26.2 Å². The van der Waals surface area contributed by atoms with Gasteiger partial charge in [-0.3, -0.25) is 0 Å². The first kappa shape index (κ1) is 26.0. The van der Waals surface area contributed by atoms with E-state index in [1.54, 1.807) is 0 Å². The molecular formula is C32H40N6. The van der Waals surface area contributed by atoms with Gasteiger partial charge in [-0.15, -0.1) is 0 Å². The quantitative estimate of drug-likeness (QED) is 0.249. The summed E-state index contributed by atoms with van der Waals surface area (Å²) in [4.78, 5) is 11.7. The van der Waals surface area contributed by atoms with E-state index in [2.05, 4.69) is 81.6 Å². The zero-order valence-corrected chi connectivity index (χ0v) is 22.0. The molecule has 2 N–H and O–H groups in total. The Bertz CT molecular complexity index is 1540. The first-order valence-electron chi connectivity index (χ1n) is 13.5. The molecule has 0 saturated heterocycles. The summed E-state index contributed by atoms with van der Waals surface area (Å²) in [7, 11) is 4.07. The number of para-hydroxylation sites is 2. The highest BCUT2D eigenvalue weighted by Gasteiger charge is 2.22. The number of hydrogen-bond donors (Lipinski definition) is 2. The number of nitrogens with zero attached hydrogens (tertiary/aromatic N) is 4. The predicted molar refractivity (Wildman–Crippen MR) is 162 cm³/mol. The number of aromatic nitrogens is 3. The number of fused-ring (bicyclic) bond motifs is 4. The molecule has 38 heavy (non-hydrogen) atoms. The lowest BCUT2D eigenvalue weighted by Gasteiger charge is -2.30. The largest absolute Gasteiger partial charge is 0.362 e. The highest BCUT2D eigenvalue weighted by Crippen LogP contribution is 2.30. The Balaban J connectivity index is 0.00000294. The van der Waals surface area contributed by atoms with Gasteiger partial charge >= 0.3 is 0 Å². The van der Waals surface area contributed by atoms with Gasteiger partial charge in [0.1, 0.15) is 5.82 Å². The van der Waals surface area contributed by atoms with Crippen molar-refractivity contribution < 1.29 is 0 Å². The standard InChI is InChI=1S/C31H36N6.CH4/c1-4-37-28-12-8-6-9-24(28)26-19-21(13-18-29(26)37)20-32-22-14-16-23(17-15-22)33-31-34-27-11-7-5-10-25(27)30(35-31)36(2)3;/h5-13,18-19,22-23,32H,4,14-17,20H2,1-3H3,(H,33,34,35);1H4. The van der Waals surface area contributed by atoms with Crippen LogP contribution in [0.3, 0.4) is 0 Å². The lowest BCUT2D eigenvalue weighted by molar-refractivity contribution is 0.352. The molecule has 2 heterocycles. The maximum absolute atomic E-state index is 4.83. The van der Waals surface area contributed by atoms with Crippen molar-refractivity contribution in [1.82, 2.24) is 19.9 Å². The molecule has 0 radical (unpaired) electrons. The van der Waals surface area contributed by atoms with E-state index in [1.165, 1.54) is 27.4 Å². The number of anilines is 2. The molecule has 198 valence electrons. The Morgan fingerprint density at radius 3 is 2.26 bits per heavy atom. The molecule has 1 saturated carbocycles. The Kier molecular flexibility index (Phi) is 7.52. The van der Waals surface area contributed by atoms with Crippen LogP contribution in [0.4, 0.5) is 11.8 Å². The second-order valence-electron chi connectivity index (χ2n) is 10.5. The summed E-state index contributed by atoms with van der Waals surface area (Å²) in [5.74, 6) is 1.70. The van der Waals surface area contributed by atoms with Crippen molar-refractivity contribution in [2.75, 3.05) is 24.3 Å². The SMILES string of the molecule is C.CCn1c2ccccc2c2cc(CNC3CCC(Nc4nc(N(C)C)c5ccccc5n4)CC3)ccc21. The number of hydrogen-bond acceptors (Lipinski definition) is 5. The van der Waals surface area contributed by atoms with Crippen molar-refractivity contribution in [3.63, 3.8) is 0 Å². The molecule has 0 spiro atoms. The van der Waals surface area contributed by atoms with Gasteiger partial charge < -0.3 is 20.1 Å². The van der Waals surface area contributed by atoms with Crippen LogP contribution in [0.5, 0.6) is 0 Å². The van der Waals surface area contributed by atoms with Crippen LogP contribution in [0.15, 0.2) is 66.7 Å². The molecule has 0 atom stereocenters. The van der Waals surface area contributed by atoms with Gasteiger partial charge in [-0.05, 0) is 68.5 Å².